The molecule has 0 aromatic heterocycles. The maximum absolute atomic E-state index is 10.9. The molecule has 0 aromatic rings. The lowest BCUT2D eigenvalue weighted by molar-refractivity contribution is -0.121. The van der Waals surface area contributed by atoms with E-state index in [1.807, 2.05) is 0 Å². The molecule has 1 fully saturated rings. The summed E-state index contributed by atoms with van der Waals surface area (Å²) >= 11 is 0. The highest BCUT2D eigenvalue weighted by Gasteiger charge is 2.21. The summed E-state index contributed by atoms with van der Waals surface area (Å²) in [6, 6.07) is 0. The van der Waals surface area contributed by atoms with Gasteiger partial charge in [-0.3, -0.25) is 4.79 Å². The number of carbonyl (C=O) groups is 1. The maximum Gasteiger partial charge on any atom is 0.240 e. The van der Waals surface area contributed by atoms with E-state index in [9.17, 15) is 4.79 Å². The summed E-state index contributed by atoms with van der Waals surface area (Å²) in [7, 11) is 0. The van der Waals surface area contributed by atoms with Crippen LogP contribution in [0.2, 0.25) is 0 Å². The molecule has 2 rings (SSSR count). The van der Waals surface area contributed by atoms with Gasteiger partial charge in [0, 0.05) is 12.1 Å². The van der Waals surface area contributed by atoms with Gasteiger partial charge in [-0.05, 0) is 25.2 Å². The number of hydrogen-bond donors (Lipinski definition) is 1. The molecule has 0 radical (unpaired) electrons. The number of nitrogens with one attached hydrogen (secondary N) is 1. The summed E-state index contributed by atoms with van der Waals surface area (Å²) in [5.41, 5.74) is 3.84. The second-order valence-electron chi connectivity index (χ2n) is 4.33. The van der Waals surface area contributed by atoms with Gasteiger partial charge in [-0.1, -0.05) is 25.7 Å². The zero-order valence-corrected chi connectivity index (χ0v) is 8.59. The first kappa shape index (κ1) is 9.69. The van der Waals surface area contributed by atoms with Gasteiger partial charge in [0.2, 0.25) is 5.91 Å². The quantitative estimate of drug-likeness (QED) is 0.639. The van der Waals surface area contributed by atoms with Gasteiger partial charge >= 0.3 is 0 Å². The Labute approximate surface area is 85.0 Å². The fourth-order valence-electron chi connectivity index (χ4n) is 2.40. The molecule has 1 amide bonds. The van der Waals surface area contributed by atoms with Gasteiger partial charge in [0.25, 0.3) is 0 Å². The summed E-state index contributed by atoms with van der Waals surface area (Å²) < 4.78 is 0. The topological polar surface area (TPSA) is 41.5 Å². The number of hydrazone groups is 1. The molecule has 0 bridgehead atoms. The van der Waals surface area contributed by atoms with E-state index in [-0.39, 0.29) is 5.91 Å². The van der Waals surface area contributed by atoms with Crippen molar-refractivity contribution in [3.63, 3.8) is 0 Å². The smallest absolute Gasteiger partial charge is 0.240 e. The summed E-state index contributed by atoms with van der Waals surface area (Å²) in [6.45, 7) is 0. The van der Waals surface area contributed by atoms with Crippen molar-refractivity contribution in [3.8, 4) is 0 Å². The first-order chi connectivity index (χ1) is 6.86. The van der Waals surface area contributed by atoms with E-state index in [1.54, 1.807) is 0 Å². The van der Waals surface area contributed by atoms with Gasteiger partial charge in [0.15, 0.2) is 0 Å². The molecule has 0 atom stereocenters. The first-order valence-electron chi connectivity index (χ1n) is 5.71. The van der Waals surface area contributed by atoms with Crippen LogP contribution in [0.25, 0.3) is 0 Å². The van der Waals surface area contributed by atoms with Crippen molar-refractivity contribution in [1.29, 1.82) is 0 Å². The van der Waals surface area contributed by atoms with Crippen LogP contribution in [0, 0.1) is 5.92 Å². The molecule has 14 heavy (non-hydrogen) atoms. The SMILES string of the molecule is O=C1CCC(C2CCCCCC2)=NN1. The molecule has 0 saturated heterocycles. The van der Waals surface area contributed by atoms with Gasteiger partial charge in [-0.2, -0.15) is 5.10 Å². The normalized spacial score (nSPS) is 25.1. The number of hydrogen-bond acceptors (Lipinski definition) is 2. The predicted molar refractivity (Wildman–Crippen MR) is 56.0 cm³/mol. The minimum Gasteiger partial charge on any atom is -0.273 e. The van der Waals surface area contributed by atoms with E-state index in [1.165, 1.54) is 44.2 Å². The largest absolute Gasteiger partial charge is 0.273 e. The average Bonchev–Trinajstić information content (AvgIpc) is 2.47. The van der Waals surface area contributed by atoms with Crippen LogP contribution >= 0.6 is 0 Å². The molecule has 1 saturated carbocycles. The van der Waals surface area contributed by atoms with Crippen molar-refractivity contribution in [2.24, 2.45) is 11.0 Å². The first-order valence-corrected chi connectivity index (χ1v) is 5.71. The molecule has 0 aromatic carbocycles. The van der Waals surface area contributed by atoms with Crippen LogP contribution in [-0.2, 0) is 4.79 Å². The molecule has 1 heterocycles. The molecule has 1 aliphatic heterocycles. The van der Waals surface area contributed by atoms with Gasteiger partial charge in [-0.25, -0.2) is 5.43 Å². The van der Waals surface area contributed by atoms with Crippen molar-refractivity contribution in [3.05, 3.63) is 0 Å². The summed E-state index contributed by atoms with van der Waals surface area (Å²) in [5.74, 6) is 0.723. The Morgan fingerprint density at radius 2 is 1.79 bits per heavy atom. The minimum absolute atomic E-state index is 0.0716. The zero-order chi connectivity index (χ0) is 9.80. The number of carbonyl (C=O) groups excluding carboxylic acids is 1. The molecule has 3 heteroatoms. The third kappa shape index (κ3) is 2.34. The second kappa shape index (κ2) is 4.58. The number of nitrogens with zero attached hydrogens (tertiary/aromatic N) is 1. The lowest BCUT2D eigenvalue weighted by Gasteiger charge is -2.19. The van der Waals surface area contributed by atoms with Crippen LogP contribution in [-0.4, -0.2) is 11.6 Å². The van der Waals surface area contributed by atoms with Gasteiger partial charge in [0.1, 0.15) is 0 Å². The molecule has 78 valence electrons. The number of amides is 1. The molecular weight excluding hydrogens is 176 g/mol. The standard InChI is InChI=1S/C11H18N2O/c14-11-8-7-10(12-13-11)9-5-3-1-2-4-6-9/h9H,1-8H2,(H,13,14). The van der Waals surface area contributed by atoms with Crippen LogP contribution in [0.3, 0.4) is 0 Å². The van der Waals surface area contributed by atoms with Crippen molar-refractivity contribution in [1.82, 2.24) is 5.43 Å². The molecule has 1 aliphatic carbocycles. The van der Waals surface area contributed by atoms with Crippen LogP contribution in [0.1, 0.15) is 51.4 Å². The van der Waals surface area contributed by atoms with Crippen molar-refractivity contribution >= 4 is 11.6 Å². The minimum atomic E-state index is 0.0716. The summed E-state index contributed by atoms with van der Waals surface area (Å²) in [4.78, 5) is 10.9. The van der Waals surface area contributed by atoms with Crippen LogP contribution < -0.4 is 5.43 Å². The van der Waals surface area contributed by atoms with E-state index < -0.39 is 0 Å². The number of rotatable bonds is 1. The van der Waals surface area contributed by atoms with Crippen molar-refractivity contribution < 1.29 is 4.79 Å². The summed E-state index contributed by atoms with van der Waals surface area (Å²) in [6.07, 6.45) is 9.47. The molecule has 2 aliphatic rings. The Kier molecular flexibility index (Phi) is 3.17. The highest BCUT2D eigenvalue weighted by Crippen LogP contribution is 2.26. The lowest BCUT2D eigenvalue weighted by Crippen LogP contribution is -2.29. The highest BCUT2D eigenvalue weighted by molar-refractivity contribution is 5.93. The van der Waals surface area contributed by atoms with E-state index in [0.717, 1.165) is 6.42 Å². The van der Waals surface area contributed by atoms with Gasteiger partial charge < -0.3 is 0 Å². The van der Waals surface area contributed by atoms with E-state index in [2.05, 4.69) is 10.5 Å². The molecule has 0 unspecified atom stereocenters. The maximum atomic E-state index is 10.9. The third-order valence-corrected chi connectivity index (χ3v) is 3.26. The monoisotopic (exact) mass is 194 g/mol. The fourth-order valence-corrected chi connectivity index (χ4v) is 2.40. The summed E-state index contributed by atoms with van der Waals surface area (Å²) in [5, 5.41) is 4.19. The van der Waals surface area contributed by atoms with E-state index in [0.29, 0.717) is 12.3 Å². The average molecular weight is 194 g/mol. The second-order valence-corrected chi connectivity index (χ2v) is 4.33. The van der Waals surface area contributed by atoms with Gasteiger partial charge in [0.05, 0.1) is 0 Å². The Bertz CT molecular complexity index is 240. The zero-order valence-electron chi connectivity index (χ0n) is 8.59. The molecule has 1 N–H and O–H groups in total. The van der Waals surface area contributed by atoms with E-state index >= 15 is 0 Å². The Morgan fingerprint density at radius 3 is 2.36 bits per heavy atom. The molecule has 0 spiro atoms. The predicted octanol–water partition coefficient (Wildman–Crippen LogP) is 2.22. The highest BCUT2D eigenvalue weighted by atomic mass is 16.2. The Hall–Kier alpha value is -0.860. The fraction of sp³-hybridized carbons (Fsp3) is 0.818. The van der Waals surface area contributed by atoms with Crippen molar-refractivity contribution in [2.45, 2.75) is 51.4 Å². The van der Waals surface area contributed by atoms with Crippen LogP contribution in [0.5, 0.6) is 0 Å². The van der Waals surface area contributed by atoms with Crippen molar-refractivity contribution in [2.75, 3.05) is 0 Å². The van der Waals surface area contributed by atoms with Crippen LogP contribution in [0.15, 0.2) is 5.10 Å². The Morgan fingerprint density at radius 1 is 1.07 bits per heavy atom. The third-order valence-electron chi connectivity index (χ3n) is 3.26. The lowest BCUT2D eigenvalue weighted by atomic mass is 9.91. The van der Waals surface area contributed by atoms with Gasteiger partial charge in [-0.15, -0.1) is 0 Å². The van der Waals surface area contributed by atoms with Crippen LogP contribution in [0.4, 0.5) is 0 Å². The van der Waals surface area contributed by atoms with E-state index in [4.69, 9.17) is 0 Å². The molecular formula is C11H18N2O. The Balaban J connectivity index is 1.95. The molecule has 3 nitrogen and oxygen atoms in total.